The SMILES string of the molecule is CCC(C)(C#N)C(=O)NC(C)C(C)CO. The lowest BCUT2D eigenvalue weighted by Crippen LogP contribution is -2.45. The number of aliphatic hydroxyl groups is 1. The first-order valence-electron chi connectivity index (χ1n) is 5.24. The van der Waals surface area contributed by atoms with Crippen LogP contribution in [0.1, 0.15) is 34.1 Å². The van der Waals surface area contributed by atoms with Crippen LogP contribution in [0.2, 0.25) is 0 Å². The van der Waals surface area contributed by atoms with Gasteiger partial charge in [0.05, 0.1) is 6.07 Å². The van der Waals surface area contributed by atoms with Gasteiger partial charge in [0.1, 0.15) is 5.41 Å². The lowest BCUT2D eigenvalue weighted by molar-refractivity contribution is -0.128. The van der Waals surface area contributed by atoms with Crippen molar-refractivity contribution in [2.75, 3.05) is 6.61 Å². The zero-order chi connectivity index (χ0) is 12.1. The Labute approximate surface area is 91.3 Å². The summed E-state index contributed by atoms with van der Waals surface area (Å²) in [6.45, 7) is 7.13. The van der Waals surface area contributed by atoms with Gasteiger partial charge in [0.15, 0.2) is 0 Å². The first-order valence-corrected chi connectivity index (χ1v) is 5.24. The number of nitrogens with zero attached hydrogens (tertiary/aromatic N) is 1. The van der Waals surface area contributed by atoms with Crippen molar-refractivity contribution in [3.63, 3.8) is 0 Å². The van der Waals surface area contributed by atoms with E-state index in [4.69, 9.17) is 10.4 Å². The number of carbonyl (C=O) groups excluding carboxylic acids is 1. The van der Waals surface area contributed by atoms with Crippen LogP contribution in [0.5, 0.6) is 0 Å². The van der Waals surface area contributed by atoms with Crippen LogP contribution in [0, 0.1) is 22.7 Å². The average Bonchev–Trinajstić information content (AvgIpc) is 2.26. The van der Waals surface area contributed by atoms with Crippen molar-refractivity contribution in [3.8, 4) is 6.07 Å². The van der Waals surface area contributed by atoms with E-state index in [1.54, 1.807) is 6.92 Å². The predicted octanol–water partition coefficient (Wildman–Crippen LogP) is 1.06. The van der Waals surface area contributed by atoms with Gasteiger partial charge in [-0.3, -0.25) is 4.79 Å². The Morgan fingerprint density at radius 3 is 2.47 bits per heavy atom. The van der Waals surface area contributed by atoms with Gasteiger partial charge in [-0.25, -0.2) is 0 Å². The second kappa shape index (κ2) is 5.72. The summed E-state index contributed by atoms with van der Waals surface area (Å²) in [7, 11) is 0. The molecule has 0 aliphatic carbocycles. The molecule has 0 fully saturated rings. The third-order valence-electron chi connectivity index (χ3n) is 2.96. The van der Waals surface area contributed by atoms with Crippen LogP contribution in [0.25, 0.3) is 0 Å². The maximum absolute atomic E-state index is 11.7. The average molecular weight is 212 g/mol. The molecule has 0 radical (unpaired) electrons. The largest absolute Gasteiger partial charge is 0.396 e. The number of rotatable bonds is 5. The van der Waals surface area contributed by atoms with E-state index in [9.17, 15) is 4.79 Å². The van der Waals surface area contributed by atoms with Crippen LogP contribution >= 0.6 is 0 Å². The van der Waals surface area contributed by atoms with Gasteiger partial charge in [0.25, 0.3) is 0 Å². The van der Waals surface area contributed by atoms with Gasteiger partial charge in [-0.15, -0.1) is 0 Å². The van der Waals surface area contributed by atoms with Crippen LogP contribution in [0.3, 0.4) is 0 Å². The molecule has 3 atom stereocenters. The minimum Gasteiger partial charge on any atom is -0.396 e. The summed E-state index contributed by atoms with van der Waals surface area (Å²) in [6.07, 6.45) is 0.482. The van der Waals surface area contributed by atoms with Crippen LogP contribution in [0.15, 0.2) is 0 Å². The molecule has 0 saturated heterocycles. The molecule has 2 N–H and O–H groups in total. The van der Waals surface area contributed by atoms with Gasteiger partial charge >= 0.3 is 0 Å². The highest BCUT2D eigenvalue weighted by Crippen LogP contribution is 2.20. The van der Waals surface area contributed by atoms with Crippen molar-refractivity contribution >= 4 is 5.91 Å². The van der Waals surface area contributed by atoms with Crippen molar-refractivity contribution in [1.82, 2.24) is 5.32 Å². The molecule has 0 aliphatic rings. The molecule has 0 aromatic carbocycles. The van der Waals surface area contributed by atoms with Crippen LogP contribution in [-0.2, 0) is 4.79 Å². The van der Waals surface area contributed by atoms with Gasteiger partial charge in [0, 0.05) is 12.6 Å². The lowest BCUT2D eigenvalue weighted by Gasteiger charge is -2.25. The fourth-order valence-electron chi connectivity index (χ4n) is 0.957. The highest BCUT2D eigenvalue weighted by molar-refractivity contribution is 5.85. The van der Waals surface area contributed by atoms with E-state index < -0.39 is 5.41 Å². The van der Waals surface area contributed by atoms with E-state index in [-0.39, 0.29) is 24.5 Å². The van der Waals surface area contributed by atoms with Crippen molar-refractivity contribution in [2.45, 2.75) is 40.2 Å². The summed E-state index contributed by atoms with van der Waals surface area (Å²) < 4.78 is 0. The van der Waals surface area contributed by atoms with E-state index in [0.29, 0.717) is 6.42 Å². The van der Waals surface area contributed by atoms with E-state index in [0.717, 1.165) is 0 Å². The molecule has 86 valence electrons. The first-order chi connectivity index (χ1) is 6.91. The molecule has 0 aromatic heterocycles. The molecule has 15 heavy (non-hydrogen) atoms. The molecular formula is C11H20N2O2. The highest BCUT2D eigenvalue weighted by Gasteiger charge is 2.32. The number of hydrogen-bond donors (Lipinski definition) is 2. The number of amides is 1. The van der Waals surface area contributed by atoms with Crippen LogP contribution in [-0.4, -0.2) is 23.7 Å². The Kier molecular flexibility index (Phi) is 5.31. The predicted molar refractivity (Wildman–Crippen MR) is 57.9 cm³/mol. The zero-order valence-electron chi connectivity index (χ0n) is 9.87. The number of nitrogens with one attached hydrogen (secondary N) is 1. The summed E-state index contributed by atoms with van der Waals surface area (Å²) in [5.41, 5.74) is -0.969. The molecule has 0 spiro atoms. The fraction of sp³-hybridized carbons (Fsp3) is 0.818. The minimum absolute atomic E-state index is 0.00579. The van der Waals surface area contributed by atoms with Gasteiger partial charge < -0.3 is 10.4 Å². The van der Waals surface area contributed by atoms with Crippen molar-refractivity contribution in [1.29, 1.82) is 5.26 Å². The Balaban J connectivity index is 4.44. The normalized spacial score (nSPS) is 18.4. The number of aliphatic hydroxyl groups excluding tert-OH is 1. The monoisotopic (exact) mass is 212 g/mol. The summed E-state index contributed by atoms with van der Waals surface area (Å²) >= 11 is 0. The maximum Gasteiger partial charge on any atom is 0.240 e. The first kappa shape index (κ1) is 13.9. The summed E-state index contributed by atoms with van der Waals surface area (Å²) in [4.78, 5) is 11.7. The molecule has 4 nitrogen and oxygen atoms in total. The molecule has 0 bridgehead atoms. The summed E-state index contributed by atoms with van der Waals surface area (Å²) in [5, 5.41) is 20.6. The molecule has 0 heterocycles. The molecule has 4 heteroatoms. The molecule has 0 rings (SSSR count). The summed E-state index contributed by atoms with van der Waals surface area (Å²) in [6, 6.07) is 1.89. The van der Waals surface area contributed by atoms with Crippen LogP contribution in [0.4, 0.5) is 0 Å². The van der Waals surface area contributed by atoms with Gasteiger partial charge in [-0.1, -0.05) is 13.8 Å². The van der Waals surface area contributed by atoms with E-state index >= 15 is 0 Å². The molecule has 0 aliphatic heterocycles. The smallest absolute Gasteiger partial charge is 0.240 e. The summed E-state index contributed by atoms with van der Waals surface area (Å²) in [5.74, 6) is -0.269. The van der Waals surface area contributed by atoms with Crippen molar-refractivity contribution in [3.05, 3.63) is 0 Å². The molecule has 3 unspecified atom stereocenters. The topological polar surface area (TPSA) is 73.1 Å². The molecule has 0 saturated carbocycles. The highest BCUT2D eigenvalue weighted by atomic mass is 16.3. The number of carbonyl (C=O) groups is 1. The maximum atomic E-state index is 11.7. The van der Waals surface area contributed by atoms with Crippen molar-refractivity contribution in [2.24, 2.45) is 11.3 Å². The quantitative estimate of drug-likeness (QED) is 0.715. The number of nitriles is 1. The van der Waals surface area contributed by atoms with Gasteiger partial charge in [-0.05, 0) is 26.2 Å². The molecule has 0 aromatic rings. The van der Waals surface area contributed by atoms with E-state index in [1.165, 1.54) is 0 Å². The molecular weight excluding hydrogens is 192 g/mol. The van der Waals surface area contributed by atoms with Crippen molar-refractivity contribution < 1.29 is 9.90 Å². The Hall–Kier alpha value is -1.08. The molecule has 1 amide bonds. The second-order valence-electron chi connectivity index (χ2n) is 4.22. The standard InChI is InChI=1S/C11H20N2O2/c1-5-11(4,7-12)10(15)13-9(3)8(2)6-14/h8-9,14H,5-6H2,1-4H3,(H,13,15). The lowest BCUT2D eigenvalue weighted by atomic mass is 9.87. The van der Waals surface area contributed by atoms with E-state index in [1.807, 2.05) is 26.8 Å². The Morgan fingerprint density at radius 1 is 1.60 bits per heavy atom. The zero-order valence-corrected chi connectivity index (χ0v) is 9.87. The second-order valence-corrected chi connectivity index (χ2v) is 4.22. The fourth-order valence-corrected chi connectivity index (χ4v) is 0.957. The van der Waals surface area contributed by atoms with Gasteiger partial charge in [0.2, 0.25) is 5.91 Å². The Bertz CT molecular complexity index is 260. The Morgan fingerprint density at radius 2 is 2.13 bits per heavy atom. The van der Waals surface area contributed by atoms with Crippen LogP contribution < -0.4 is 5.32 Å². The van der Waals surface area contributed by atoms with Gasteiger partial charge in [-0.2, -0.15) is 5.26 Å². The van der Waals surface area contributed by atoms with E-state index in [2.05, 4.69) is 5.32 Å². The number of hydrogen-bond acceptors (Lipinski definition) is 3. The third-order valence-corrected chi connectivity index (χ3v) is 2.96. The third kappa shape index (κ3) is 3.52. The minimum atomic E-state index is -0.969.